The maximum Gasteiger partial charge on any atom is 0.297 e. The van der Waals surface area contributed by atoms with E-state index in [1.807, 2.05) is 35.4 Å². The number of carbonyl (C=O) groups excluding carboxylic acids is 1. The number of pyridine rings is 1. The van der Waals surface area contributed by atoms with E-state index in [4.69, 9.17) is 23.9 Å². The second-order valence-electron chi connectivity index (χ2n) is 22.3. The fourth-order valence-electron chi connectivity index (χ4n) is 13.8. The van der Waals surface area contributed by atoms with Gasteiger partial charge in [0.1, 0.15) is 24.0 Å². The molecule has 3 N–H and O–H groups in total. The summed E-state index contributed by atoms with van der Waals surface area (Å²) in [6.45, 7) is 12.7. The van der Waals surface area contributed by atoms with E-state index in [-0.39, 0.29) is 41.1 Å². The number of amides is 1. The molecular formula is C55H66N10O9S. The van der Waals surface area contributed by atoms with E-state index >= 15 is 0 Å². The van der Waals surface area contributed by atoms with Crippen LogP contribution in [0.3, 0.4) is 0 Å². The number of rotatable bonds is 12. The van der Waals surface area contributed by atoms with Crippen molar-refractivity contribution in [3.63, 3.8) is 0 Å². The molecule has 5 atom stereocenters. The molecule has 5 aromatic rings. The molecule has 20 heteroatoms. The van der Waals surface area contributed by atoms with Gasteiger partial charge in [0.05, 0.1) is 65.6 Å². The minimum atomic E-state index is -4.70. The zero-order chi connectivity index (χ0) is 51.2. The summed E-state index contributed by atoms with van der Waals surface area (Å²) in [5, 5.41) is 16.8. The highest BCUT2D eigenvalue weighted by atomic mass is 32.2. The predicted octanol–water partition coefficient (Wildman–Crippen LogP) is 6.61. The van der Waals surface area contributed by atoms with Crippen LogP contribution in [0.2, 0.25) is 0 Å². The molecule has 396 valence electrons. The van der Waals surface area contributed by atoms with Crippen LogP contribution in [0.4, 0.5) is 28.4 Å². The van der Waals surface area contributed by atoms with Gasteiger partial charge in [-0.2, -0.15) is 4.98 Å². The fraction of sp³-hybridized carbons (Fsp3) is 0.527. The minimum Gasteiger partial charge on any atom is -0.489 e. The molecule has 7 aliphatic heterocycles. The molecule has 9 heterocycles. The van der Waals surface area contributed by atoms with Crippen LogP contribution in [0.25, 0.3) is 11.0 Å². The van der Waals surface area contributed by atoms with E-state index in [9.17, 15) is 23.3 Å². The number of nitrogens with one attached hydrogen (secondary N) is 3. The van der Waals surface area contributed by atoms with E-state index in [1.165, 1.54) is 42.9 Å². The van der Waals surface area contributed by atoms with Crippen LogP contribution < -0.4 is 29.3 Å². The zero-order valence-corrected chi connectivity index (χ0v) is 43.4. The summed E-state index contributed by atoms with van der Waals surface area (Å²) in [6.07, 6.45) is 9.38. The zero-order valence-electron chi connectivity index (χ0n) is 42.6. The number of likely N-dealkylation sites (tertiary alicyclic amines) is 1. The molecule has 1 saturated carbocycles. The lowest BCUT2D eigenvalue weighted by molar-refractivity contribution is -0.384. The monoisotopic (exact) mass is 1040 g/mol. The lowest BCUT2D eigenvalue weighted by Gasteiger charge is -2.56. The molecule has 75 heavy (non-hydrogen) atoms. The summed E-state index contributed by atoms with van der Waals surface area (Å²) in [7, 11) is -4.70. The number of aromatic amines is 1. The fourth-order valence-corrected chi connectivity index (χ4v) is 14.8. The van der Waals surface area contributed by atoms with Gasteiger partial charge in [-0.15, -0.1) is 0 Å². The number of H-pyrrole nitrogens is 1. The van der Waals surface area contributed by atoms with E-state index in [2.05, 4.69) is 72.7 Å². The Labute approximate surface area is 437 Å². The lowest BCUT2D eigenvalue weighted by Crippen LogP contribution is -2.61. The summed E-state index contributed by atoms with van der Waals surface area (Å²) in [4.78, 5) is 46.4. The van der Waals surface area contributed by atoms with Crippen LogP contribution in [0.1, 0.15) is 79.9 Å². The molecule has 1 aliphatic carbocycles. The summed E-state index contributed by atoms with van der Waals surface area (Å²) in [5.74, 6) is -0.497. The number of piperidine rings is 1. The summed E-state index contributed by atoms with van der Waals surface area (Å²) >= 11 is 0. The summed E-state index contributed by atoms with van der Waals surface area (Å²) < 4.78 is 55.2. The molecule has 1 spiro atoms. The SMILES string of the molecule is CCc1ccccc1[C@@H]1CCCN1C1CC2(CCN(c3ccc(C(=O)NS(=O)(=O)c4cc5c(c([N+](=O)[O-])c4)N[C@@H](CN4CCN(C6COC6)[C@H](C)C4)CO5)c(N4c5cc6cc[nH]c6nc5O[C@@H]5COC[C@@H]54)c3)CC2)C1. The number of nitro benzene ring substituents is 1. The Kier molecular flexibility index (Phi) is 12.4. The van der Waals surface area contributed by atoms with Crippen LogP contribution in [0.5, 0.6) is 11.6 Å². The second-order valence-corrected chi connectivity index (χ2v) is 23.9. The van der Waals surface area contributed by atoms with Crippen molar-refractivity contribution in [2.75, 3.05) is 94.0 Å². The van der Waals surface area contributed by atoms with Gasteiger partial charge in [0.25, 0.3) is 21.6 Å². The number of hydrogen-bond donors (Lipinski definition) is 3. The topological polar surface area (TPSA) is 200 Å². The largest absolute Gasteiger partial charge is 0.489 e. The van der Waals surface area contributed by atoms with Crippen molar-refractivity contribution in [2.24, 2.45) is 5.41 Å². The predicted molar refractivity (Wildman–Crippen MR) is 283 cm³/mol. The first-order valence-electron chi connectivity index (χ1n) is 27.0. The van der Waals surface area contributed by atoms with Crippen molar-refractivity contribution in [3.05, 3.63) is 99.7 Å². The first kappa shape index (κ1) is 48.6. The summed E-state index contributed by atoms with van der Waals surface area (Å²) in [6, 6.07) is 21.9. The number of carbonyl (C=O) groups is 1. The van der Waals surface area contributed by atoms with Gasteiger partial charge in [0, 0.05) is 86.8 Å². The van der Waals surface area contributed by atoms with Gasteiger partial charge in [-0.3, -0.25) is 29.6 Å². The number of benzene rings is 3. The number of anilines is 4. The molecular weight excluding hydrogens is 977 g/mol. The average molecular weight is 1040 g/mol. The third-order valence-corrected chi connectivity index (χ3v) is 19.1. The molecule has 0 bridgehead atoms. The highest BCUT2D eigenvalue weighted by molar-refractivity contribution is 7.90. The van der Waals surface area contributed by atoms with Crippen LogP contribution in [-0.4, -0.2) is 159 Å². The van der Waals surface area contributed by atoms with Crippen LogP contribution >= 0.6 is 0 Å². The van der Waals surface area contributed by atoms with Crippen molar-refractivity contribution < 1.29 is 37.1 Å². The Morgan fingerprint density at radius 2 is 1.75 bits per heavy atom. The summed E-state index contributed by atoms with van der Waals surface area (Å²) in [5.41, 5.74) is 5.65. The van der Waals surface area contributed by atoms with Gasteiger partial charge < -0.3 is 39.0 Å². The molecule has 5 saturated heterocycles. The van der Waals surface area contributed by atoms with Crippen LogP contribution in [0.15, 0.2) is 77.8 Å². The number of sulfonamides is 1. The third-order valence-electron chi connectivity index (χ3n) is 17.8. The molecule has 0 unspecified atom stereocenters. The van der Waals surface area contributed by atoms with Crippen LogP contribution in [-0.2, 0) is 25.9 Å². The van der Waals surface area contributed by atoms with Gasteiger partial charge >= 0.3 is 0 Å². The first-order chi connectivity index (χ1) is 36.4. The number of piperazine rings is 1. The molecule has 0 radical (unpaired) electrons. The normalized spacial score (nSPS) is 26.1. The van der Waals surface area contributed by atoms with Gasteiger partial charge in [-0.05, 0) is 105 Å². The highest BCUT2D eigenvalue weighted by Crippen LogP contribution is 2.55. The van der Waals surface area contributed by atoms with Crippen molar-refractivity contribution >= 4 is 55.4 Å². The lowest BCUT2D eigenvalue weighted by atomic mass is 9.59. The molecule has 8 aliphatic rings. The molecule has 6 fully saturated rings. The Hall–Kier alpha value is -6.03. The molecule has 19 nitrogen and oxygen atoms in total. The number of aromatic nitrogens is 2. The number of aryl methyl sites for hydroxylation is 1. The standard InChI is InChI=1S/C55H66N10O9S/c1-3-35-7-4-5-8-42(35)44-9-6-16-63(44)39-25-55(26-39)13-17-61(18-14-55)38-10-11-43(45(22-38)64-47-21-36-12-15-56-52(36)58-54(47)74-50-33-72-32-48(50)64)53(66)59-75(69,70)41-23-46(65(67)68)51-49(24-41)73-29-37(57-51)28-60-19-20-62(34(2)27-60)40-30-71-31-40/h4-5,7-8,10-12,15,21-24,34,37,39-40,44,48,50,57H,3,6,9,13-14,16-20,25-33H2,1-2H3,(H,56,58)(H,59,66)/t34-,37+,44+,48+,50-/m1/s1. The second kappa shape index (κ2) is 19.2. The Bertz CT molecular complexity index is 3140. The Morgan fingerprint density at radius 3 is 2.53 bits per heavy atom. The minimum absolute atomic E-state index is 0.0287. The van der Waals surface area contributed by atoms with E-state index in [1.54, 1.807) is 6.07 Å². The van der Waals surface area contributed by atoms with Crippen LogP contribution in [0, 0.1) is 15.5 Å². The smallest absolute Gasteiger partial charge is 0.297 e. The van der Waals surface area contributed by atoms with Crippen molar-refractivity contribution in [1.82, 2.24) is 29.4 Å². The highest BCUT2D eigenvalue weighted by Gasteiger charge is 2.50. The number of nitro groups is 1. The average Bonchev–Trinajstić information content (AvgIpc) is 4.18. The quantitative estimate of drug-likeness (QED) is 0.0890. The van der Waals surface area contributed by atoms with Crippen molar-refractivity contribution in [3.8, 4) is 11.6 Å². The number of fused-ring (bicyclic) bond motifs is 4. The molecule has 2 aromatic heterocycles. The first-order valence-corrected chi connectivity index (χ1v) is 28.5. The number of ether oxygens (including phenoxy) is 4. The maximum absolute atomic E-state index is 14.8. The Balaban J connectivity index is 0.759. The van der Waals surface area contributed by atoms with Gasteiger partial charge in [-0.1, -0.05) is 31.2 Å². The molecule has 1 amide bonds. The maximum atomic E-state index is 14.8. The molecule has 13 rings (SSSR count). The van der Waals surface area contributed by atoms with Crippen molar-refractivity contribution in [1.29, 1.82) is 0 Å². The number of nitrogens with zero attached hydrogens (tertiary/aromatic N) is 7. The molecule has 3 aromatic carbocycles. The Morgan fingerprint density at radius 1 is 0.920 bits per heavy atom. The van der Waals surface area contributed by atoms with E-state index in [0.717, 1.165) is 88.9 Å². The van der Waals surface area contributed by atoms with Crippen molar-refractivity contribution in [2.45, 2.75) is 106 Å². The van der Waals surface area contributed by atoms with E-state index < -0.39 is 37.5 Å². The van der Waals surface area contributed by atoms with Gasteiger partial charge in [-0.25, -0.2) is 13.1 Å². The van der Waals surface area contributed by atoms with Gasteiger partial charge in [0.15, 0.2) is 11.4 Å². The van der Waals surface area contributed by atoms with E-state index in [0.29, 0.717) is 66.8 Å². The number of hydrogen-bond acceptors (Lipinski definition) is 16. The van der Waals surface area contributed by atoms with Gasteiger partial charge in [0.2, 0.25) is 5.88 Å². The third kappa shape index (κ3) is 8.84.